The molecule has 1 saturated heterocycles. The average molecular weight is 322 g/mol. The van der Waals surface area contributed by atoms with E-state index in [0.29, 0.717) is 16.0 Å². The summed E-state index contributed by atoms with van der Waals surface area (Å²) >= 11 is 7.68. The normalized spacial score (nSPS) is 23.7. The summed E-state index contributed by atoms with van der Waals surface area (Å²) in [6.07, 6.45) is 1.26. The number of thioether (sulfide) groups is 1. The number of primary sulfonamides is 1. The lowest BCUT2D eigenvalue weighted by Crippen LogP contribution is -2.14. The molecule has 1 aliphatic rings. The molecular weight excluding hydrogens is 306 g/mol. The first-order valence-corrected chi connectivity index (χ1v) is 8.89. The zero-order valence-electron chi connectivity index (χ0n) is 10.5. The van der Waals surface area contributed by atoms with Gasteiger partial charge < -0.3 is 4.74 Å². The molecule has 0 amide bonds. The minimum absolute atomic E-state index is 0.0614. The molecule has 2 rings (SSSR count). The largest absolute Gasteiger partial charge is 0.377 e. The van der Waals surface area contributed by atoms with E-state index in [1.54, 1.807) is 23.9 Å². The van der Waals surface area contributed by atoms with Gasteiger partial charge in [-0.1, -0.05) is 11.6 Å². The smallest absolute Gasteiger partial charge is 0.238 e. The van der Waals surface area contributed by atoms with Gasteiger partial charge in [0.2, 0.25) is 10.0 Å². The topological polar surface area (TPSA) is 69.4 Å². The summed E-state index contributed by atoms with van der Waals surface area (Å²) in [5.41, 5.74) is 0.862. The predicted molar refractivity (Wildman–Crippen MR) is 77.9 cm³/mol. The molecule has 1 fully saturated rings. The summed E-state index contributed by atoms with van der Waals surface area (Å²) in [6.45, 7) is 2.84. The van der Waals surface area contributed by atoms with Crippen molar-refractivity contribution in [3.63, 3.8) is 0 Å². The molecule has 1 aromatic rings. The highest BCUT2D eigenvalue weighted by molar-refractivity contribution is 7.99. The summed E-state index contributed by atoms with van der Waals surface area (Å²) in [6, 6.07) is 4.71. The van der Waals surface area contributed by atoms with Gasteiger partial charge in [0.25, 0.3) is 0 Å². The van der Waals surface area contributed by atoms with Crippen molar-refractivity contribution in [3.05, 3.63) is 28.8 Å². The first kappa shape index (κ1) is 15.1. The Labute approximate surface area is 122 Å². The quantitative estimate of drug-likeness (QED) is 0.924. The monoisotopic (exact) mass is 321 g/mol. The second-order valence-electron chi connectivity index (χ2n) is 4.55. The molecule has 2 atom stereocenters. The zero-order chi connectivity index (χ0) is 14.0. The molecule has 2 N–H and O–H groups in total. The number of nitrogens with two attached hydrogens (primary N) is 1. The van der Waals surface area contributed by atoms with Crippen LogP contribution in [-0.2, 0) is 20.5 Å². The van der Waals surface area contributed by atoms with Crippen LogP contribution >= 0.6 is 23.4 Å². The number of rotatable bonds is 4. The van der Waals surface area contributed by atoms with Crippen LogP contribution in [-0.4, -0.2) is 26.4 Å². The fourth-order valence-corrected chi connectivity index (χ4v) is 4.12. The van der Waals surface area contributed by atoms with Crippen molar-refractivity contribution < 1.29 is 13.2 Å². The van der Waals surface area contributed by atoms with E-state index >= 15 is 0 Å². The Morgan fingerprint density at radius 3 is 2.79 bits per heavy atom. The maximum atomic E-state index is 11.3. The third-order valence-electron chi connectivity index (χ3n) is 3.03. The molecule has 19 heavy (non-hydrogen) atoms. The lowest BCUT2D eigenvalue weighted by Gasteiger charge is -2.13. The van der Waals surface area contributed by atoms with Gasteiger partial charge in [0.15, 0.2) is 0 Å². The molecule has 4 nitrogen and oxygen atoms in total. The molecule has 1 heterocycles. The Bertz CT molecular complexity index is 562. The van der Waals surface area contributed by atoms with E-state index < -0.39 is 10.0 Å². The van der Waals surface area contributed by atoms with E-state index in [2.05, 4.69) is 6.92 Å². The van der Waals surface area contributed by atoms with Crippen molar-refractivity contribution in [2.24, 2.45) is 5.14 Å². The number of hydrogen-bond acceptors (Lipinski definition) is 4. The Hall–Kier alpha value is -0.270. The van der Waals surface area contributed by atoms with E-state index in [-0.39, 0.29) is 11.0 Å². The van der Waals surface area contributed by atoms with Crippen LogP contribution < -0.4 is 5.14 Å². The standard InChI is InChI=1S/C12H16ClNO3S2/c1-8-12(2-3-17-8)18-7-9-4-10(13)6-11(5-9)19(14,15)16/h4-6,8,12H,2-3,7H2,1H3,(H2,14,15,16)/t8-,12-/m1/s1. The highest BCUT2D eigenvalue weighted by Gasteiger charge is 2.24. The molecule has 0 bridgehead atoms. The highest BCUT2D eigenvalue weighted by atomic mass is 35.5. The first-order valence-electron chi connectivity index (χ1n) is 5.92. The molecule has 7 heteroatoms. The molecule has 0 radical (unpaired) electrons. The molecule has 1 aromatic carbocycles. The lowest BCUT2D eigenvalue weighted by atomic mass is 10.2. The van der Waals surface area contributed by atoms with Crippen molar-refractivity contribution >= 4 is 33.4 Å². The lowest BCUT2D eigenvalue weighted by molar-refractivity contribution is 0.127. The fourth-order valence-electron chi connectivity index (χ4n) is 2.00. The number of hydrogen-bond donors (Lipinski definition) is 1. The minimum Gasteiger partial charge on any atom is -0.377 e. The Balaban J connectivity index is 2.10. The molecule has 0 spiro atoms. The van der Waals surface area contributed by atoms with Gasteiger partial charge in [-0.25, -0.2) is 13.6 Å². The minimum atomic E-state index is -3.71. The maximum Gasteiger partial charge on any atom is 0.238 e. The van der Waals surface area contributed by atoms with Crippen molar-refractivity contribution in [3.8, 4) is 0 Å². The molecule has 0 aromatic heterocycles. The number of benzene rings is 1. The number of ether oxygens (including phenoxy) is 1. The van der Waals surface area contributed by atoms with Crippen LogP contribution in [0.25, 0.3) is 0 Å². The van der Waals surface area contributed by atoms with Gasteiger partial charge in [-0.05, 0) is 37.1 Å². The highest BCUT2D eigenvalue weighted by Crippen LogP contribution is 2.30. The predicted octanol–water partition coefficient (Wildman–Crippen LogP) is 2.40. The second-order valence-corrected chi connectivity index (χ2v) is 7.78. The third-order valence-corrected chi connectivity index (χ3v) is 5.69. The Morgan fingerprint density at radius 2 is 2.21 bits per heavy atom. The van der Waals surface area contributed by atoms with Crippen LogP contribution in [0.2, 0.25) is 5.02 Å². The Morgan fingerprint density at radius 1 is 1.47 bits per heavy atom. The van der Waals surface area contributed by atoms with Crippen LogP contribution in [0, 0.1) is 0 Å². The van der Waals surface area contributed by atoms with Crippen molar-refractivity contribution in [1.82, 2.24) is 0 Å². The van der Waals surface area contributed by atoms with Gasteiger partial charge in [-0.2, -0.15) is 11.8 Å². The zero-order valence-corrected chi connectivity index (χ0v) is 12.9. The SMILES string of the molecule is C[C@H]1OCC[C@H]1SCc1cc(Cl)cc(S(N)(=O)=O)c1. The summed E-state index contributed by atoms with van der Waals surface area (Å²) in [4.78, 5) is 0.0614. The van der Waals surface area contributed by atoms with Crippen LogP contribution in [0.4, 0.5) is 0 Å². The summed E-state index contributed by atoms with van der Waals surface area (Å²) < 4.78 is 28.2. The van der Waals surface area contributed by atoms with Crippen molar-refractivity contribution in [2.75, 3.05) is 6.61 Å². The van der Waals surface area contributed by atoms with Gasteiger partial charge in [-0.3, -0.25) is 0 Å². The molecule has 106 valence electrons. The summed E-state index contributed by atoms with van der Waals surface area (Å²) in [5.74, 6) is 0.696. The van der Waals surface area contributed by atoms with Gasteiger partial charge in [0, 0.05) is 22.6 Å². The first-order chi connectivity index (χ1) is 8.86. The van der Waals surface area contributed by atoms with E-state index in [1.807, 2.05) is 0 Å². The molecule has 0 aliphatic carbocycles. The fraction of sp³-hybridized carbons (Fsp3) is 0.500. The van der Waals surface area contributed by atoms with E-state index in [9.17, 15) is 8.42 Å². The van der Waals surface area contributed by atoms with Gasteiger partial charge in [0.1, 0.15) is 0 Å². The Kier molecular flexibility index (Phi) is 4.79. The number of sulfonamides is 1. The van der Waals surface area contributed by atoms with E-state index in [1.165, 1.54) is 6.07 Å². The molecular formula is C12H16ClNO3S2. The second kappa shape index (κ2) is 6.01. The van der Waals surface area contributed by atoms with E-state index in [0.717, 1.165) is 18.6 Å². The van der Waals surface area contributed by atoms with Crippen LogP contribution in [0.15, 0.2) is 23.1 Å². The third kappa shape index (κ3) is 4.10. The van der Waals surface area contributed by atoms with Crippen LogP contribution in [0.3, 0.4) is 0 Å². The van der Waals surface area contributed by atoms with E-state index in [4.69, 9.17) is 21.5 Å². The van der Waals surface area contributed by atoms with Crippen LogP contribution in [0.5, 0.6) is 0 Å². The molecule has 0 saturated carbocycles. The van der Waals surface area contributed by atoms with Crippen LogP contribution in [0.1, 0.15) is 18.9 Å². The molecule has 0 unspecified atom stereocenters. The average Bonchev–Trinajstić information content (AvgIpc) is 2.70. The van der Waals surface area contributed by atoms with Gasteiger partial charge in [0.05, 0.1) is 11.0 Å². The van der Waals surface area contributed by atoms with Crippen molar-refractivity contribution in [1.29, 1.82) is 0 Å². The summed E-state index contributed by atoms with van der Waals surface area (Å²) in [5, 5.41) is 5.95. The number of halogens is 1. The molecule has 1 aliphatic heterocycles. The van der Waals surface area contributed by atoms with Crippen molar-refractivity contribution in [2.45, 2.75) is 35.3 Å². The van der Waals surface area contributed by atoms with Gasteiger partial charge in [-0.15, -0.1) is 0 Å². The van der Waals surface area contributed by atoms with Gasteiger partial charge >= 0.3 is 0 Å². The maximum absolute atomic E-state index is 11.3. The summed E-state index contributed by atoms with van der Waals surface area (Å²) in [7, 11) is -3.71.